The van der Waals surface area contributed by atoms with Gasteiger partial charge in [-0.25, -0.2) is 0 Å². The Morgan fingerprint density at radius 2 is 2.05 bits per heavy atom. The van der Waals surface area contributed by atoms with Gasteiger partial charge in [0.1, 0.15) is 6.07 Å². The third-order valence-electron chi connectivity index (χ3n) is 3.34. The molecule has 1 rings (SSSR count). The molecule has 0 radical (unpaired) electrons. The summed E-state index contributed by atoms with van der Waals surface area (Å²) >= 11 is 1.83. The fraction of sp³-hybridized carbons (Fsp3) is 0.562. The van der Waals surface area contributed by atoms with Crippen molar-refractivity contribution in [2.45, 2.75) is 39.4 Å². The van der Waals surface area contributed by atoms with Gasteiger partial charge < -0.3 is 10.2 Å². The molecule has 1 aromatic rings. The van der Waals surface area contributed by atoms with Crippen molar-refractivity contribution in [3.05, 3.63) is 29.3 Å². The largest absolute Gasteiger partial charge is 0.370 e. The van der Waals surface area contributed by atoms with Crippen molar-refractivity contribution in [3.8, 4) is 6.07 Å². The first kappa shape index (κ1) is 16.9. The van der Waals surface area contributed by atoms with E-state index in [4.69, 9.17) is 0 Å². The van der Waals surface area contributed by atoms with E-state index >= 15 is 0 Å². The van der Waals surface area contributed by atoms with Gasteiger partial charge in [-0.05, 0) is 30.9 Å². The van der Waals surface area contributed by atoms with Crippen LogP contribution in [0.15, 0.2) is 18.2 Å². The van der Waals surface area contributed by atoms with Crippen LogP contribution in [0.4, 0.5) is 5.69 Å². The van der Waals surface area contributed by atoms with Gasteiger partial charge in [0.2, 0.25) is 0 Å². The highest BCUT2D eigenvalue weighted by atomic mass is 32.2. The number of thioether (sulfide) groups is 1. The van der Waals surface area contributed by atoms with Gasteiger partial charge >= 0.3 is 0 Å². The molecule has 0 saturated carbocycles. The quantitative estimate of drug-likeness (QED) is 0.837. The molecule has 0 heterocycles. The summed E-state index contributed by atoms with van der Waals surface area (Å²) in [5.74, 6) is 1.05. The maximum absolute atomic E-state index is 9.38. The highest BCUT2D eigenvalue weighted by Crippen LogP contribution is 2.23. The molecule has 1 atom stereocenters. The second-order valence-electron chi connectivity index (χ2n) is 5.41. The molecule has 0 aromatic heterocycles. The third-order valence-corrected chi connectivity index (χ3v) is 4.16. The summed E-state index contributed by atoms with van der Waals surface area (Å²) in [4.78, 5) is 2.19. The predicted molar refractivity (Wildman–Crippen MR) is 89.4 cm³/mol. The lowest BCUT2D eigenvalue weighted by Crippen LogP contribution is -2.31. The lowest BCUT2D eigenvalue weighted by atomic mass is 10.1. The van der Waals surface area contributed by atoms with Crippen LogP contribution >= 0.6 is 11.8 Å². The van der Waals surface area contributed by atoms with Gasteiger partial charge in [-0.2, -0.15) is 17.0 Å². The van der Waals surface area contributed by atoms with Crippen LogP contribution in [0.1, 0.15) is 31.9 Å². The lowest BCUT2D eigenvalue weighted by molar-refractivity contribution is 0.589. The zero-order valence-corrected chi connectivity index (χ0v) is 13.9. The molecule has 0 aliphatic rings. The van der Waals surface area contributed by atoms with E-state index < -0.39 is 0 Å². The number of hydrogen-bond donors (Lipinski definition) is 1. The van der Waals surface area contributed by atoms with E-state index in [1.165, 1.54) is 0 Å². The maximum atomic E-state index is 9.38. The van der Waals surface area contributed by atoms with E-state index in [2.05, 4.69) is 62.5 Å². The molecule has 0 bridgehead atoms. The first-order valence-electron chi connectivity index (χ1n) is 6.97. The molecule has 1 N–H and O–H groups in total. The van der Waals surface area contributed by atoms with E-state index in [9.17, 15) is 5.26 Å². The molecule has 0 saturated heterocycles. The SMILES string of the molecule is CSCC(C)N(C)c1ccc(CNC(C)C)cc1C#N. The molecule has 1 aromatic carbocycles. The van der Waals surface area contributed by atoms with Gasteiger partial charge in [0.15, 0.2) is 0 Å². The van der Waals surface area contributed by atoms with Crippen LogP contribution in [0.5, 0.6) is 0 Å². The summed E-state index contributed by atoms with van der Waals surface area (Å²) in [6, 6.07) is 9.35. The van der Waals surface area contributed by atoms with Crippen molar-refractivity contribution in [1.29, 1.82) is 5.26 Å². The van der Waals surface area contributed by atoms with Crippen molar-refractivity contribution in [2.75, 3.05) is 24.0 Å². The third kappa shape index (κ3) is 4.73. The normalized spacial score (nSPS) is 12.2. The second-order valence-corrected chi connectivity index (χ2v) is 6.32. The van der Waals surface area contributed by atoms with E-state index in [0.717, 1.165) is 29.1 Å². The summed E-state index contributed by atoms with van der Waals surface area (Å²) in [6.07, 6.45) is 2.11. The molecule has 3 nitrogen and oxygen atoms in total. The molecule has 0 amide bonds. The molecule has 20 heavy (non-hydrogen) atoms. The summed E-state index contributed by atoms with van der Waals surface area (Å²) < 4.78 is 0. The molecule has 0 aliphatic carbocycles. The van der Waals surface area contributed by atoms with E-state index in [1.807, 2.05) is 17.8 Å². The Balaban J connectivity index is 2.90. The van der Waals surface area contributed by atoms with Crippen molar-refractivity contribution in [1.82, 2.24) is 5.32 Å². The van der Waals surface area contributed by atoms with Crippen LogP contribution in [-0.2, 0) is 6.54 Å². The van der Waals surface area contributed by atoms with Gasteiger partial charge in [-0.3, -0.25) is 0 Å². The molecule has 0 spiro atoms. The Morgan fingerprint density at radius 3 is 2.60 bits per heavy atom. The molecular weight excluding hydrogens is 266 g/mol. The minimum atomic E-state index is 0.414. The Hall–Kier alpha value is -1.18. The smallest absolute Gasteiger partial charge is 0.101 e. The first-order valence-corrected chi connectivity index (χ1v) is 8.37. The predicted octanol–water partition coefficient (Wildman–Crippen LogP) is 3.24. The number of nitriles is 1. The highest BCUT2D eigenvalue weighted by molar-refractivity contribution is 7.98. The van der Waals surface area contributed by atoms with Crippen molar-refractivity contribution >= 4 is 17.4 Å². The van der Waals surface area contributed by atoms with Crippen LogP contribution in [-0.4, -0.2) is 31.1 Å². The summed E-state index contributed by atoms with van der Waals surface area (Å²) in [7, 11) is 2.06. The van der Waals surface area contributed by atoms with Gasteiger partial charge in [-0.15, -0.1) is 0 Å². The van der Waals surface area contributed by atoms with Crippen LogP contribution in [0.2, 0.25) is 0 Å². The van der Waals surface area contributed by atoms with Crippen molar-refractivity contribution < 1.29 is 0 Å². The standard InChI is InChI=1S/C16H25N3S/c1-12(2)18-10-14-6-7-16(15(8-14)9-17)19(4)13(3)11-20-5/h6-8,12-13,18H,10-11H2,1-5H3. The number of nitrogens with one attached hydrogen (secondary N) is 1. The van der Waals surface area contributed by atoms with Crippen LogP contribution < -0.4 is 10.2 Å². The molecule has 4 heteroatoms. The van der Waals surface area contributed by atoms with Gasteiger partial charge in [-0.1, -0.05) is 19.9 Å². The summed E-state index contributed by atoms with van der Waals surface area (Å²) in [5, 5.41) is 12.8. The average molecular weight is 291 g/mol. The van der Waals surface area contributed by atoms with Crippen LogP contribution in [0.3, 0.4) is 0 Å². The number of nitrogens with zero attached hydrogens (tertiary/aromatic N) is 2. The van der Waals surface area contributed by atoms with E-state index in [-0.39, 0.29) is 0 Å². The Morgan fingerprint density at radius 1 is 1.35 bits per heavy atom. The summed E-state index contributed by atoms with van der Waals surface area (Å²) in [6.45, 7) is 7.23. The van der Waals surface area contributed by atoms with Crippen molar-refractivity contribution in [2.24, 2.45) is 0 Å². The molecule has 0 fully saturated rings. The van der Waals surface area contributed by atoms with E-state index in [0.29, 0.717) is 12.1 Å². The van der Waals surface area contributed by atoms with Gasteiger partial charge in [0.05, 0.1) is 11.3 Å². The Kier molecular flexibility index (Phi) is 6.90. The number of hydrogen-bond acceptors (Lipinski definition) is 4. The van der Waals surface area contributed by atoms with Crippen LogP contribution in [0.25, 0.3) is 0 Å². The average Bonchev–Trinajstić information content (AvgIpc) is 2.44. The van der Waals surface area contributed by atoms with Crippen molar-refractivity contribution in [3.63, 3.8) is 0 Å². The van der Waals surface area contributed by atoms with Gasteiger partial charge in [0.25, 0.3) is 0 Å². The second kappa shape index (κ2) is 8.18. The topological polar surface area (TPSA) is 39.1 Å². The van der Waals surface area contributed by atoms with Gasteiger partial charge in [0, 0.05) is 31.4 Å². The first-order chi connectivity index (χ1) is 9.49. The molecule has 1 unspecified atom stereocenters. The number of anilines is 1. The fourth-order valence-electron chi connectivity index (χ4n) is 2.00. The van der Waals surface area contributed by atoms with Crippen LogP contribution in [0, 0.1) is 11.3 Å². The zero-order chi connectivity index (χ0) is 15.1. The highest BCUT2D eigenvalue weighted by Gasteiger charge is 2.13. The Labute approximate surface area is 127 Å². The minimum absolute atomic E-state index is 0.414. The zero-order valence-electron chi connectivity index (χ0n) is 13.1. The minimum Gasteiger partial charge on any atom is -0.370 e. The summed E-state index contributed by atoms with van der Waals surface area (Å²) in [5.41, 5.74) is 2.93. The monoisotopic (exact) mass is 291 g/mol. The molecular formula is C16H25N3S. The Bertz CT molecular complexity index is 465. The maximum Gasteiger partial charge on any atom is 0.101 e. The number of rotatable bonds is 7. The fourth-order valence-corrected chi connectivity index (χ4v) is 2.71. The number of benzene rings is 1. The molecule has 110 valence electrons. The van der Waals surface area contributed by atoms with E-state index in [1.54, 1.807) is 0 Å². The molecule has 0 aliphatic heterocycles. The lowest BCUT2D eigenvalue weighted by Gasteiger charge is -2.27.